The Kier molecular flexibility index (Phi) is 3.30. The summed E-state index contributed by atoms with van der Waals surface area (Å²) in [5, 5.41) is 2.81. The van der Waals surface area contributed by atoms with Crippen LogP contribution in [0.25, 0.3) is 0 Å². The number of rotatable bonds is 4. The molecular weight excluding hydrogens is 276 g/mol. The van der Waals surface area contributed by atoms with Crippen LogP contribution in [0.1, 0.15) is 34.1 Å². The molecule has 2 heterocycles. The van der Waals surface area contributed by atoms with Gasteiger partial charge >= 0.3 is 0 Å². The number of carbonyl (C=O) groups is 2. The van der Waals surface area contributed by atoms with Gasteiger partial charge in [-0.3, -0.25) is 14.5 Å². The molecule has 3 rings (SSSR count). The Morgan fingerprint density at radius 3 is 2.62 bits per heavy atom. The monoisotopic (exact) mass is 290 g/mol. The lowest BCUT2D eigenvalue weighted by molar-refractivity contribution is -0.147. The zero-order valence-electron chi connectivity index (χ0n) is 11.5. The van der Waals surface area contributed by atoms with Gasteiger partial charge < -0.3 is 9.47 Å². The number of imide groups is 1. The molecule has 110 valence electrons. The van der Waals surface area contributed by atoms with Gasteiger partial charge in [0.2, 0.25) is 0 Å². The van der Waals surface area contributed by atoms with Gasteiger partial charge in [-0.1, -0.05) is 6.07 Å². The summed E-state index contributed by atoms with van der Waals surface area (Å²) in [6.07, 6.45) is 0.377. The van der Waals surface area contributed by atoms with Crippen LogP contribution in [0.4, 0.5) is 5.69 Å². The molecule has 7 heteroatoms. The van der Waals surface area contributed by atoms with Crippen molar-refractivity contribution in [3.05, 3.63) is 34.2 Å². The van der Waals surface area contributed by atoms with Crippen LogP contribution in [0.2, 0.25) is 0 Å². The standard InChI is InChI=1S/C14H14N2O5/c1-14(20-7-8-21-14)5-6-16-12(17)9-3-2-4-10(15-19)11(9)13(16)18/h2-4H,5-8H2,1H3. The quantitative estimate of drug-likeness (QED) is 0.624. The summed E-state index contributed by atoms with van der Waals surface area (Å²) < 4.78 is 10.9. The molecule has 2 aliphatic heterocycles. The van der Waals surface area contributed by atoms with Crippen molar-refractivity contribution in [2.75, 3.05) is 19.8 Å². The Morgan fingerprint density at radius 2 is 1.95 bits per heavy atom. The molecule has 2 aliphatic rings. The predicted octanol–water partition coefficient (Wildman–Crippen LogP) is 1.83. The summed E-state index contributed by atoms with van der Waals surface area (Å²) in [6, 6.07) is 4.48. The van der Waals surface area contributed by atoms with Crippen LogP contribution in [0.15, 0.2) is 23.4 Å². The highest BCUT2D eigenvalue weighted by atomic mass is 16.7. The second-order valence-electron chi connectivity index (χ2n) is 5.13. The Hall–Kier alpha value is -2.12. The van der Waals surface area contributed by atoms with Crippen LogP contribution in [0.3, 0.4) is 0 Å². The molecule has 0 aliphatic carbocycles. The molecule has 21 heavy (non-hydrogen) atoms. The fourth-order valence-corrected chi connectivity index (χ4v) is 2.61. The van der Waals surface area contributed by atoms with E-state index in [0.29, 0.717) is 19.6 Å². The van der Waals surface area contributed by atoms with Gasteiger partial charge in [-0.25, -0.2) is 0 Å². The van der Waals surface area contributed by atoms with Crippen molar-refractivity contribution in [2.45, 2.75) is 19.1 Å². The van der Waals surface area contributed by atoms with Crippen LogP contribution in [0.5, 0.6) is 0 Å². The Balaban J connectivity index is 1.81. The zero-order chi connectivity index (χ0) is 15.0. The number of nitrogens with zero attached hydrogens (tertiary/aromatic N) is 2. The van der Waals surface area contributed by atoms with Crippen molar-refractivity contribution < 1.29 is 19.1 Å². The molecule has 7 nitrogen and oxygen atoms in total. The third-order valence-electron chi connectivity index (χ3n) is 3.76. The lowest BCUT2D eigenvalue weighted by atomic mass is 10.1. The number of hydrogen-bond acceptors (Lipinski definition) is 6. The van der Waals surface area contributed by atoms with E-state index < -0.39 is 17.6 Å². The van der Waals surface area contributed by atoms with Gasteiger partial charge in [-0.2, -0.15) is 0 Å². The molecule has 0 atom stereocenters. The first-order valence-electron chi connectivity index (χ1n) is 6.66. The maximum atomic E-state index is 12.3. The summed E-state index contributed by atoms with van der Waals surface area (Å²) in [5.74, 6) is -1.69. The number of hydrogen-bond donors (Lipinski definition) is 0. The van der Waals surface area contributed by atoms with Crippen molar-refractivity contribution in [2.24, 2.45) is 5.18 Å². The summed E-state index contributed by atoms with van der Waals surface area (Å²) in [7, 11) is 0. The highest BCUT2D eigenvalue weighted by Gasteiger charge is 2.40. The van der Waals surface area contributed by atoms with Gasteiger partial charge in [-0.05, 0) is 24.2 Å². The molecule has 1 aromatic carbocycles. The first-order chi connectivity index (χ1) is 10.1. The number of benzene rings is 1. The fourth-order valence-electron chi connectivity index (χ4n) is 2.61. The second-order valence-corrected chi connectivity index (χ2v) is 5.13. The summed E-state index contributed by atoms with van der Waals surface area (Å²) >= 11 is 0. The minimum Gasteiger partial charge on any atom is -0.348 e. The molecule has 0 bridgehead atoms. The molecule has 0 N–H and O–H groups in total. The van der Waals surface area contributed by atoms with Crippen LogP contribution in [0, 0.1) is 4.91 Å². The molecule has 0 aromatic heterocycles. The molecule has 2 amide bonds. The first kappa shape index (κ1) is 13.8. The van der Waals surface area contributed by atoms with Crippen molar-refractivity contribution in [1.29, 1.82) is 0 Å². The Labute approximate surface area is 120 Å². The number of nitroso groups, excluding NO2 is 1. The van der Waals surface area contributed by atoms with Gasteiger partial charge in [-0.15, -0.1) is 4.91 Å². The molecule has 1 saturated heterocycles. The normalized spacial score (nSPS) is 20.0. The Morgan fingerprint density at radius 1 is 1.24 bits per heavy atom. The number of carbonyl (C=O) groups excluding carboxylic acids is 2. The zero-order valence-corrected chi connectivity index (χ0v) is 11.5. The van der Waals surface area contributed by atoms with Crippen molar-refractivity contribution >= 4 is 17.5 Å². The minimum atomic E-state index is -0.777. The van der Waals surface area contributed by atoms with Gasteiger partial charge in [0.15, 0.2) is 5.79 Å². The molecule has 1 aromatic rings. The van der Waals surface area contributed by atoms with E-state index in [4.69, 9.17) is 9.47 Å². The van der Waals surface area contributed by atoms with E-state index in [0.717, 1.165) is 4.90 Å². The summed E-state index contributed by atoms with van der Waals surface area (Å²) in [6.45, 7) is 2.94. The third-order valence-corrected chi connectivity index (χ3v) is 3.76. The lowest BCUT2D eigenvalue weighted by Gasteiger charge is -2.24. The second kappa shape index (κ2) is 5.01. The molecular formula is C14H14N2O5. The molecule has 0 radical (unpaired) electrons. The number of amides is 2. The van der Waals surface area contributed by atoms with Crippen LogP contribution >= 0.6 is 0 Å². The van der Waals surface area contributed by atoms with Crippen molar-refractivity contribution in [1.82, 2.24) is 4.90 Å². The van der Waals surface area contributed by atoms with E-state index in [1.54, 1.807) is 6.92 Å². The van der Waals surface area contributed by atoms with Crippen LogP contribution in [-0.2, 0) is 9.47 Å². The summed E-state index contributed by atoms with van der Waals surface area (Å²) in [4.78, 5) is 36.5. The van der Waals surface area contributed by atoms with Gasteiger partial charge in [0, 0.05) is 13.0 Å². The van der Waals surface area contributed by atoms with Crippen molar-refractivity contribution in [3.63, 3.8) is 0 Å². The van der Waals surface area contributed by atoms with E-state index in [-0.39, 0.29) is 23.4 Å². The van der Waals surface area contributed by atoms with E-state index >= 15 is 0 Å². The van der Waals surface area contributed by atoms with E-state index in [2.05, 4.69) is 5.18 Å². The first-order valence-corrected chi connectivity index (χ1v) is 6.66. The van der Waals surface area contributed by atoms with Crippen LogP contribution < -0.4 is 0 Å². The third kappa shape index (κ3) is 2.24. The predicted molar refractivity (Wildman–Crippen MR) is 72.2 cm³/mol. The molecule has 0 spiro atoms. The topological polar surface area (TPSA) is 85.3 Å². The largest absolute Gasteiger partial charge is 0.348 e. The smallest absolute Gasteiger partial charge is 0.263 e. The summed E-state index contributed by atoms with van der Waals surface area (Å²) in [5.41, 5.74) is 0.291. The fraction of sp³-hybridized carbons (Fsp3) is 0.429. The average molecular weight is 290 g/mol. The average Bonchev–Trinajstić information content (AvgIpc) is 3.01. The van der Waals surface area contributed by atoms with Crippen LogP contribution in [-0.4, -0.2) is 42.3 Å². The maximum absolute atomic E-state index is 12.3. The van der Waals surface area contributed by atoms with Crippen molar-refractivity contribution in [3.8, 4) is 0 Å². The van der Waals surface area contributed by atoms with E-state index in [1.165, 1.54) is 18.2 Å². The highest BCUT2D eigenvalue weighted by Crippen LogP contribution is 2.32. The number of ether oxygens (including phenoxy) is 2. The van der Waals surface area contributed by atoms with E-state index in [1.807, 2.05) is 0 Å². The van der Waals surface area contributed by atoms with E-state index in [9.17, 15) is 14.5 Å². The van der Waals surface area contributed by atoms with Gasteiger partial charge in [0.05, 0.1) is 24.3 Å². The molecule has 0 saturated carbocycles. The SMILES string of the molecule is CC1(CCN2C(=O)c3cccc(N=O)c3C2=O)OCCO1. The Bertz CT molecular complexity index is 622. The minimum absolute atomic E-state index is 0.00655. The lowest BCUT2D eigenvalue weighted by Crippen LogP contribution is -2.36. The number of fused-ring (bicyclic) bond motifs is 1. The maximum Gasteiger partial charge on any atom is 0.263 e. The molecule has 1 fully saturated rings. The molecule has 0 unspecified atom stereocenters. The van der Waals surface area contributed by atoms with Gasteiger partial charge in [0.25, 0.3) is 11.8 Å². The highest BCUT2D eigenvalue weighted by molar-refractivity contribution is 6.23. The van der Waals surface area contributed by atoms with Gasteiger partial charge in [0.1, 0.15) is 5.69 Å².